The summed E-state index contributed by atoms with van der Waals surface area (Å²) in [6.45, 7) is 2.28. The number of piperidine rings is 1. The molecule has 2 heterocycles. The Morgan fingerprint density at radius 2 is 2.08 bits per heavy atom. The summed E-state index contributed by atoms with van der Waals surface area (Å²) >= 11 is 6.07. The van der Waals surface area contributed by atoms with Gasteiger partial charge in [-0.3, -0.25) is 4.79 Å². The lowest BCUT2D eigenvalue weighted by Gasteiger charge is -2.32. The average molecular weight is 386 g/mol. The first kappa shape index (κ1) is 18.6. The van der Waals surface area contributed by atoms with E-state index in [0.717, 1.165) is 32.2 Å². The number of amides is 1. The zero-order valence-electron chi connectivity index (χ0n) is 14.1. The molecule has 2 atom stereocenters. The zero-order valence-corrected chi connectivity index (χ0v) is 15.7. The molecule has 0 radical (unpaired) electrons. The number of hydrogen-bond donors (Lipinski definition) is 2. The van der Waals surface area contributed by atoms with Crippen LogP contribution in [0.1, 0.15) is 25.7 Å². The van der Waals surface area contributed by atoms with Gasteiger partial charge in [-0.15, -0.1) is 0 Å². The minimum Gasteiger partial charge on any atom is -0.354 e. The number of nitrogens with one attached hydrogen (secondary N) is 2. The fourth-order valence-electron chi connectivity index (χ4n) is 3.48. The van der Waals surface area contributed by atoms with Gasteiger partial charge in [0.15, 0.2) is 0 Å². The number of carbonyl (C=O) groups is 1. The lowest BCUT2D eigenvalue weighted by molar-refractivity contribution is -0.123. The number of rotatable bonds is 5. The number of benzene rings is 1. The van der Waals surface area contributed by atoms with Gasteiger partial charge in [0, 0.05) is 19.6 Å². The van der Waals surface area contributed by atoms with E-state index in [0.29, 0.717) is 19.6 Å². The normalized spacial score (nSPS) is 25.0. The average Bonchev–Trinajstić information content (AvgIpc) is 3.15. The van der Waals surface area contributed by atoms with Crippen LogP contribution in [-0.4, -0.2) is 50.9 Å². The van der Waals surface area contributed by atoms with Crippen molar-refractivity contribution >= 4 is 27.5 Å². The first-order valence-electron chi connectivity index (χ1n) is 8.74. The van der Waals surface area contributed by atoms with Gasteiger partial charge in [0.2, 0.25) is 15.9 Å². The third-order valence-corrected chi connectivity index (χ3v) is 7.24. The Hall–Kier alpha value is -1.15. The number of nitrogens with zero attached hydrogens (tertiary/aromatic N) is 1. The molecule has 1 aromatic rings. The third kappa shape index (κ3) is 4.34. The molecule has 0 aliphatic carbocycles. The van der Waals surface area contributed by atoms with Crippen LogP contribution in [0.15, 0.2) is 29.2 Å². The van der Waals surface area contributed by atoms with Crippen molar-refractivity contribution in [1.29, 1.82) is 0 Å². The molecule has 2 saturated heterocycles. The van der Waals surface area contributed by atoms with Crippen LogP contribution in [0.4, 0.5) is 0 Å². The second kappa shape index (κ2) is 8.03. The second-order valence-corrected chi connectivity index (χ2v) is 9.01. The van der Waals surface area contributed by atoms with Crippen LogP contribution in [0, 0.1) is 5.92 Å². The summed E-state index contributed by atoms with van der Waals surface area (Å²) in [7, 11) is -3.60. The highest BCUT2D eigenvalue weighted by molar-refractivity contribution is 7.89. The lowest BCUT2D eigenvalue weighted by Crippen LogP contribution is -2.46. The molecular formula is C17H24ClN3O3S. The molecule has 3 rings (SSSR count). The maximum Gasteiger partial charge on any atom is 0.244 e. The van der Waals surface area contributed by atoms with Gasteiger partial charge in [-0.25, -0.2) is 8.42 Å². The maximum absolute atomic E-state index is 12.8. The largest absolute Gasteiger partial charge is 0.354 e. The van der Waals surface area contributed by atoms with E-state index in [2.05, 4.69) is 10.6 Å². The van der Waals surface area contributed by atoms with Gasteiger partial charge in [0.1, 0.15) is 4.90 Å². The highest BCUT2D eigenvalue weighted by Gasteiger charge is 2.32. The first-order chi connectivity index (χ1) is 12.0. The summed E-state index contributed by atoms with van der Waals surface area (Å²) in [5.74, 6) is 0.139. The van der Waals surface area contributed by atoms with E-state index in [-0.39, 0.29) is 27.8 Å². The molecule has 2 aliphatic rings. The van der Waals surface area contributed by atoms with Crippen LogP contribution < -0.4 is 10.6 Å². The van der Waals surface area contributed by atoms with Crippen molar-refractivity contribution in [2.45, 2.75) is 36.6 Å². The molecule has 138 valence electrons. The molecule has 2 fully saturated rings. The molecule has 0 saturated carbocycles. The lowest BCUT2D eigenvalue weighted by atomic mass is 9.99. The van der Waals surface area contributed by atoms with Crippen LogP contribution in [0.25, 0.3) is 0 Å². The minimum atomic E-state index is -3.60. The Morgan fingerprint density at radius 1 is 1.28 bits per heavy atom. The fraction of sp³-hybridized carbons (Fsp3) is 0.588. The summed E-state index contributed by atoms with van der Waals surface area (Å²) in [4.78, 5) is 12.3. The van der Waals surface area contributed by atoms with E-state index in [1.165, 1.54) is 10.4 Å². The van der Waals surface area contributed by atoms with E-state index in [1.54, 1.807) is 18.2 Å². The predicted octanol–water partition coefficient (Wildman–Crippen LogP) is 1.61. The highest BCUT2D eigenvalue weighted by Crippen LogP contribution is 2.27. The number of carbonyl (C=O) groups excluding carboxylic acids is 1. The van der Waals surface area contributed by atoms with Crippen LogP contribution in [0.5, 0.6) is 0 Å². The first-order valence-corrected chi connectivity index (χ1v) is 10.6. The molecule has 2 N–H and O–H groups in total. The van der Waals surface area contributed by atoms with E-state index in [9.17, 15) is 13.2 Å². The van der Waals surface area contributed by atoms with Gasteiger partial charge in [-0.2, -0.15) is 4.31 Å². The van der Waals surface area contributed by atoms with Gasteiger partial charge in [0.25, 0.3) is 0 Å². The van der Waals surface area contributed by atoms with Gasteiger partial charge in [-0.1, -0.05) is 23.7 Å². The molecule has 1 aromatic carbocycles. The number of sulfonamides is 1. The van der Waals surface area contributed by atoms with Crippen molar-refractivity contribution in [2.75, 3.05) is 26.2 Å². The molecule has 0 aromatic heterocycles. The molecule has 2 unspecified atom stereocenters. The summed E-state index contributed by atoms with van der Waals surface area (Å²) in [6.07, 6.45) is 3.58. The number of halogens is 1. The van der Waals surface area contributed by atoms with E-state index >= 15 is 0 Å². The summed E-state index contributed by atoms with van der Waals surface area (Å²) in [5, 5.41) is 6.38. The molecule has 8 heteroatoms. The molecule has 25 heavy (non-hydrogen) atoms. The topological polar surface area (TPSA) is 78.5 Å². The Balaban J connectivity index is 1.61. The van der Waals surface area contributed by atoms with Crippen molar-refractivity contribution in [3.05, 3.63) is 29.3 Å². The van der Waals surface area contributed by atoms with Crippen molar-refractivity contribution in [3.63, 3.8) is 0 Å². The molecule has 2 aliphatic heterocycles. The summed E-state index contributed by atoms with van der Waals surface area (Å²) < 4.78 is 27.2. The van der Waals surface area contributed by atoms with Crippen molar-refractivity contribution < 1.29 is 13.2 Å². The van der Waals surface area contributed by atoms with Gasteiger partial charge >= 0.3 is 0 Å². The summed E-state index contributed by atoms with van der Waals surface area (Å²) in [5.41, 5.74) is 0. The Bertz CT molecular complexity index is 720. The molecular weight excluding hydrogens is 362 g/mol. The summed E-state index contributed by atoms with van der Waals surface area (Å²) in [6, 6.07) is 6.41. The van der Waals surface area contributed by atoms with Crippen LogP contribution >= 0.6 is 11.6 Å². The van der Waals surface area contributed by atoms with E-state index in [4.69, 9.17) is 11.6 Å². The standard InChI is InChI=1S/C17H24ClN3O3S/c18-14-6-1-2-8-16(14)25(23,24)21-10-4-5-13(12-21)11-20-17(22)15-7-3-9-19-15/h1-2,6,8,13,15,19H,3-5,7,9-12H2,(H,20,22). The van der Waals surface area contributed by atoms with Gasteiger partial charge < -0.3 is 10.6 Å². The monoisotopic (exact) mass is 385 g/mol. The van der Waals surface area contributed by atoms with Crippen LogP contribution in [0.3, 0.4) is 0 Å². The SMILES string of the molecule is O=C(NCC1CCCN(S(=O)(=O)c2ccccc2Cl)C1)C1CCCN1. The molecule has 0 bridgehead atoms. The second-order valence-electron chi connectivity index (χ2n) is 6.70. The Labute approximate surface area is 154 Å². The Morgan fingerprint density at radius 3 is 2.80 bits per heavy atom. The van der Waals surface area contributed by atoms with Gasteiger partial charge in [-0.05, 0) is 50.3 Å². The quantitative estimate of drug-likeness (QED) is 0.807. The molecule has 1 amide bonds. The maximum atomic E-state index is 12.8. The van der Waals surface area contributed by atoms with Crippen molar-refractivity contribution in [2.24, 2.45) is 5.92 Å². The smallest absolute Gasteiger partial charge is 0.244 e. The minimum absolute atomic E-state index is 0.0172. The third-order valence-electron chi connectivity index (χ3n) is 4.88. The van der Waals surface area contributed by atoms with Crippen LogP contribution in [-0.2, 0) is 14.8 Å². The highest BCUT2D eigenvalue weighted by atomic mass is 35.5. The predicted molar refractivity (Wildman–Crippen MR) is 97.0 cm³/mol. The van der Waals surface area contributed by atoms with Gasteiger partial charge in [0.05, 0.1) is 11.1 Å². The molecule has 0 spiro atoms. The fourth-order valence-corrected chi connectivity index (χ4v) is 5.53. The number of hydrogen-bond acceptors (Lipinski definition) is 4. The van der Waals surface area contributed by atoms with E-state index < -0.39 is 10.0 Å². The van der Waals surface area contributed by atoms with Crippen LogP contribution in [0.2, 0.25) is 5.02 Å². The zero-order chi connectivity index (χ0) is 17.9. The molecule has 6 nitrogen and oxygen atoms in total. The van der Waals surface area contributed by atoms with Crippen molar-refractivity contribution in [3.8, 4) is 0 Å². The van der Waals surface area contributed by atoms with E-state index in [1.807, 2.05) is 0 Å². The Kier molecular flexibility index (Phi) is 5.99. The van der Waals surface area contributed by atoms with Crippen molar-refractivity contribution in [1.82, 2.24) is 14.9 Å².